The summed E-state index contributed by atoms with van der Waals surface area (Å²) in [5.41, 5.74) is 1.03. The van der Waals surface area contributed by atoms with Gasteiger partial charge in [0.05, 0.1) is 6.07 Å². The van der Waals surface area contributed by atoms with Crippen molar-refractivity contribution in [3.05, 3.63) is 34.9 Å². The molecule has 1 aliphatic heterocycles. The van der Waals surface area contributed by atoms with Crippen LogP contribution in [0.2, 0.25) is 5.02 Å². The highest BCUT2D eigenvalue weighted by Gasteiger charge is 2.20. The fraction of sp³-hybridized carbons (Fsp3) is 0.462. The van der Waals surface area contributed by atoms with Crippen LogP contribution in [0.1, 0.15) is 18.0 Å². The van der Waals surface area contributed by atoms with Crippen molar-refractivity contribution in [2.75, 3.05) is 26.2 Å². The predicted octanol–water partition coefficient (Wildman–Crippen LogP) is 2.20. The molecular weight excluding hydrogens is 234 g/mol. The van der Waals surface area contributed by atoms with Gasteiger partial charge in [-0.2, -0.15) is 5.26 Å². The lowest BCUT2D eigenvalue weighted by atomic mass is 10.1. The summed E-state index contributed by atoms with van der Waals surface area (Å²) in [6.07, 6.45) is 1.09. The Morgan fingerprint density at radius 2 is 2.00 bits per heavy atom. The molecule has 0 amide bonds. The third-order valence-corrected chi connectivity index (χ3v) is 3.30. The molecule has 0 aromatic heterocycles. The Labute approximate surface area is 107 Å². The van der Waals surface area contributed by atoms with Gasteiger partial charge in [0.25, 0.3) is 0 Å². The zero-order valence-electron chi connectivity index (χ0n) is 9.69. The van der Waals surface area contributed by atoms with Crippen LogP contribution in [0.5, 0.6) is 0 Å². The Hall–Kier alpha value is -1.08. The Balaban J connectivity index is 2.15. The van der Waals surface area contributed by atoms with Crippen LogP contribution in [-0.2, 0) is 0 Å². The molecule has 1 aromatic rings. The monoisotopic (exact) mass is 249 g/mol. The minimum Gasteiger partial charge on any atom is -0.315 e. The molecule has 3 nitrogen and oxygen atoms in total. The molecule has 1 saturated heterocycles. The first kappa shape index (κ1) is 12.4. The Morgan fingerprint density at radius 3 is 2.71 bits per heavy atom. The number of nitrogens with zero attached hydrogens (tertiary/aromatic N) is 2. The van der Waals surface area contributed by atoms with Gasteiger partial charge in [0, 0.05) is 24.7 Å². The molecule has 90 valence electrons. The molecule has 0 spiro atoms. The molecule has 1 atom stereocenters. The van der Waals surface area contributed by atoms with Gasteiger partial charge in [0.15, 0.2) is 0 Å². The maximum atomic E-state index is 9.35. The minimum absolute atomic E-state index is 0.160. The van der Waals surface area contributed by atoms with Crippen molar-refractivity contribution in [1.82, 2.24) is 10.2 Å². The molecule has 1 aromatic carbocycles. The van der Waals surface area contributed by atoms with E-state index < -0.39 is 0 Å². The van der Waals surface area contributed by atoms with Gasteiger partial charge in [-0.1, -0.05) is 23.7 Å². The number of nitrogens with one attached hydrogen (secondary N) is 1. The van der Waals surface area contributed by atoms with Gasteiger partial charge in [-0.25, -0.2) is 0 Å². The predicted molar refractivity (Wildman–Crippen MR) is 68.9 cm³/mol. The minimum atomic E-state index is -0.160. The van der Waals surface area contributed by atoms with Crippen LogP contribution in [0.15, 0.2) is 24.3 Å². The van der Waals surface area contributed by atoms with Gasteiger partial charge in [-0.15, -0.1) is 0 Å². The molecule has 4 heteroatoms. The molecule has 0 bridgehead atoms. The van der Waals surface area contributed by atoms with Gasteiger partial charge in [0.1, 0.15) is 6.04 Å². The van der Waals surface area contributed by atoms with Crippen molar-refractivity contribution in [2.45, 2.75) is 12.5 Å². The van der Waals surface area contributed by atoms with Crippen LogP contribution in [0.3, 0.4) is 0 Å². The molecule has 1 fully saturated rings. The van der Waals surface area contributed by atoms with Gasteiger partial charge in [-0.05, 0) is 30.7 Å². The maximum Gasteiger partial charge on any atom is 0.123 e. The summed E-state index contributed by atoms with van der Waals surface area (Å²) in [4.78, 5) is 2.23. The van der Waals surface area contributed by atoms with E-state index in [4.69, 9.17) is 11.6 Å². The molecular formula is C13H16ClN3. The van der Waals surface area contributed by atoms with E-state index >= 15 is 0 Å². The van der Waals surface area contributed by atoms with Crippen molar-refractivity contribution >= 4 is 11.6 Å². The van der Waals surface area contributed by atoms with E-state index in [9.17, 15) is 5.26 Å². The van der Waals surface area contributed by atoms with Crippen LogP contribution in [0.25, 0.3) is 0 Å². The lowest BCUT2D eigenvalue weighted by Crippen LogP contribution is -2.31. The van der Waals surface area contributed by atoms with E-state index in [1.165, 1.54) is 0 Å². The quantitative estimate of drug-likeness (QED) is 0.874. The Morgan fingerprint density at radius 1 is 1.24 bits per heavy atom. The van der Waals surface area contributed by atoms with E-state index in [1.807, 2.05) is 24.3 Å². The number of benzene rings is 1. The summed E-state index contributed by atoms with van der Waals surface area (Å²) in [5.74, 6) is 0. The highest BCUT2D eigenvalue weighted by atomic mass is 35.5. The van der Waals surface area contributed by atoms with E-state index in [0.29, 0.717) is 5.02 Å². The van der Waals surface area contributed by atoms with Crippen molar-refractivity contribution < 1.29 is 0 Å². The van der Waals surface area contributed by atoms with Gasteiger partial charge in [0.2, 0.25) is 0 Å². The second kappa shape index (κ2) is 6.02. The first-order valence-electron chi connectivity index (χ1n) is 5.91. The molecule has 17 heavy (non-hydrogen) atoms. The van der Waals surface area contributed by atoms with E-state index in [1.54, 1.807) is 0 Å². The zero-order valence-corrected chi connectivity index (χ0v) is 10.5. The number of rotatable bonds is 2. The van der Waals surface area contributed by atoms with Crippen molar-refractivity contribution in [2.24, 2.45) is 0 Å². The maximum absolute atomic E-state index is 9.35. The van der Waals surface area contributed by atoms with Gasteiger partial charge in [-0.3, -0.25) is 4.90 Å². The van der Waals surface area contributed by atoms with E-state index in [-0.39, 0.29) is 6.04 Å². The fourth-order valence-corrected chi connectivity index (χ4v) is 2.26. The SMILES string of the molecule is N#CC(c1ccc(Cl)cc1)N1CCCNCC1. The van der Waals surface area contributed by atoms with Gasteiger partial charge < -0.3 is 5.32 Å². The summed E-state index contributed by atoms with van der Waals surface area (Å²) < 4.78 is 0. The van der Waals surface area contributed by atoms with Crippen molar-refractivity contribution in [3.63, 3.8) is 0 Å². The smallest absolute Gasteiger partial charge is 0.123 e. The highest BCUT2D eigenvalue weighted by Crippen LogP contribution is 2.22. The summed E-state index contributed by atoms with van der Waals surface area (Å²) in [6, 6.07) is 9.80. The third kappa shape index (κ3) is 3.19. The highest BCUT2D eigenvalue weighted by molar-refractivity contribution is 6.30. The molecule has 0 radical (unpaired) electrons. The molecule has 2 rings (SSSR count). The fourth-order valence-electron chi connectivity index (χ4n) is 2.14. The van der Waals surface area contributed by atoms with Crippen LogP contribution in [0.4, 0.5) is 0 Å². The zero-order chi connectivity index (χ0) is 12.1. The van der Waals surface area contributed by atoms with Crippen LogP contribution in [-0.4, -0.2) is 31.1 Å². The second-order valence-electron chi connectivity index (χ2n) is 4.22. The van der Waals surface area contributed by atoms with Crippen molar-refractivity contribution in [3.8, 4) is 6.07 Å². The van der Waals surface area contributed by atoms with Crippen LogP contribution < -0.4 is 5.32 Å². The number of hydrogen-bond donors (Lipinski definition) is 1. The average Bonchev–Trinajstić information content (AvgIpc) is 2.62. The molecule has 1 heterocycles. The first-order valence-corrected chi connectivity index (χ1v) is 6.29. The second-order valence-corrected chi connectivity index (χ2v) is 4.66. The molecule has 1 N–H and O–H groups in total. The van der Waals surface area contributed by atoms with E-state index in [0.717, 1.165) is 38.2 Å². The summed E-state index contributed by atoms with van der Waals surface area (Å²) in [7, 11) is 0. The normalized spacial score (nSPS) is 19.3. The number of halogens is 1. The van der Waals surface area contributed by atoms with Gasteiger partial charge >= 0.3 is 0 Å². The largest absolute Gasteiger partial charge is 0.315 e. The lowest BCUT2D eigenvalue weighted by Gasteiger charge is -2.25. The Bertz CT molecular complexity index is 388. The summed E-state index contributed by atoms with van der Waals surface area (Å²) in [6.45, 7) is 3.87. The number of hydrogen-bond acceptors (Lipinski definition) is 3. The molecule has 1 aliphatic rings. The number of nitriles is 1. The average molecular weight is 250 g/mol. The topological polar surface area (TPSA) is 39.1 Å². The Kier molecular flexibility index (Phi) is 4.38. The molecule has 0 aliphatic carbocycles. The standard InChI is InChI=1S/C13H16ClN3/c14-12-4-2-11(3-5-12)13(10-15)17-8-1-6-16-7-9-17/h2-5,13,16H,1,6-9H2. The third-order valence-electron chi connectivity index (χ3n) is 3.05. The van der Waals surface area contributed by atoms with Crippen LogP contribution >= 0.6 is 11.6 Å². The van der Waals surface area contributed by atoms with Crippen molar-refractivity contribution in [1.29, 1.82) is 5.26 Å². The lowest BCUT2D eigenvalue weighted by molar-refractivity contribution is 0.252. The van der Waals surface area contributed by atoms with Crippen LogP contribution in [0, 0.1) is 11.3 Å². The first-order chi connectivity index (χ1) is 8.31. The summed E-state index contributed by atoms with van der Waals surface area (Å²) >= 11 is 5.86. The molecule has 0 saturated carbocycles. The van der Waals surface area contributed by atoms with E-state index in [2.05, 4.69) is 16.3 Å². The summed E-state index contributed by atoms with van der Waals surface area (Å²) in [5, 5.41) is 13.4. The molecule has 1 unspecified atom stereocenters.